The summed E-state index contributed by atoms with van der Waals surface area (Å²) in [4.78, 5) is 21.4. The van der Waals surface area contributed by atoms with E-state index >= 15 is 0 Å². The molecule has 0 bridgehead atoms. The highest BCUT2D eigenvalue weighted by molar-refractivity contribution is 5.82. The maximum absolute atomic E-state index is 11.1. The Balaban J connectivity index is 3.54. The van der Waals surface area contributed by atoms with E-state index in [4.69, 9.17) is 9.84 Å². The second-order valence-corrected chi connectivity index (χ2v) is 3.38. The summed E-state index contributed by atoms with van der Waals surface area (Å²) in [7, 11) is 0. The molecule has 0 spiro atoms. The topological polar surface area (TPSA) is 87.7 Å². The minimum Gasteiger partial charge on any atom is -0.480 e. The molecule has 6 nitrogen and oxygen atoms in total. The maximum atomic E-state index is 11.1. The van der Waals surface area contributed by atoms with Gasteiger partial charge >= 0.3 is 12.0 Å². The predicted octanol–water partition coefficient (Wildman–Crippen LogP) is 0.184. The molecule has 0 saturated heterocycles. The lowest BCUT2D eigenvalue weighted by molar-refractivity contribution is -0.138. The molecule has 88 valence electrons. The molecule has 0 aromatic carbocycles. The van der Waals surface area contributed by atoms with Crippen LogP contribution < -0.4 is 10.6 Å². The number of aliphatic carboxylic acids is 1. The van der Waals surface area contributed by atoms with Crippen molar-refractivity contribution in [2.24, 2.45) is 0 Å². The first-order valence-electron chi connectivity index (χ1n) is 4.82. The van der Waals surface area contributed by atoms with E-state index in [1.807, 2.05) is 13.8 Å². The first-order chi connectivity index (χ1) is 6.93. The van der Waals surface area contributed by atoms with Gasteiger partial charge in [0.25, 0.3) is 0 Å². The van der Waals surface area contributed by atoms with E-state index in [-0.39, 0.29) is 6.10 Å². The molecule has 3 N–H and O–H groups in total. The van der Waals surface area contributed by atoms with Crippen LogP contribution in [0.3, 0.4) is 0 Å². The van der Waals surface area contributed by atoms with Gasteiger partial charge in [-0.05, 0) is 20.8 Å². The van der Waals surface area contributed by atoms with Crippen molar-refractivity contribution in [3.63, 3.8) is 0 Å². The number of urea groups is 1. The molecule has 0 heterocycles. The van der Waals surface area contributed by atoms with Gasteiger partial charge in [-0.2, -0.15) is 0 Å². The highest BCUT2D eigenvalue weighted by atomic mass is 16.5. The molecule has 0 saturated carbocycles. The number of carbonyl (C=O) groups is 2. The summed E-state index contributed by atoms with van der Waals surface area (Å²) in [6.45, 7) is 5.95. The summed E-state index contributed by atoms with van der Waals surface area (Å²) in [5, 5.41) is 13.3. The Morgan fingerprint density at radius 2 is 1.93 bits per heavy atom. The molecule has 2 amide bonds. The van der Waals surface area contributed by atoms with Crippen molar-refractivity contribution >= 4 is 12.0 Å². The molecular formula is C9H18N2O4. The molecule has 0 unspecified atom stereocenters. The average molecular weight is 218 g/mol. The predicted molar refractivity (Wildman–Crippen MR) is 54.7 cm³/mol. The van der Waals surface area contributed by atoms with Crippen molar-refractivity contribution in [2.75, 3.05) is 13.2 Å². The maximum Gasteiger partial charge on any atom is 0.325 e. The SMILES string of the molecule is CC(C)OCCNC(=O)N[C@H](C)C(=O)O. The zero-order valence-electron chi connectivity index (χ0n) is 9.24. The van der Waals surface area contributed by atoms with Gasteiger partial charge in [-0.3, -0.25) is 4.79 Å². The molecule has 0 aromatic heterocycles. The molecule has 0 aliphatic heterocycles. The standard InChI is InChI=1S/C9H18N2O4/c1-6(2)15-5-4-10-9(14)11-7(3)8(12)13/h6-7H,4-5H2,1-3H3,(H,12,13)(H2,10,11,14)/t7-/m1/s1. The minimum absolute atomic E-state index is 0.118. The van der Waals surface area contributed by atoms with Crippen LogP contribution in [0.5, 0.6) is 0 Å². The first kappa shape index (κ1) is 13.7. The van der Waals surface area contributed by atoms with Gasteiger partial charge in [-0.1, -0.05) is 0 Å². The van der Waals surface area contributed by atoms with Gasteiger partial charge in [0, 0.05) is 6.54 Å². The molecule has 0 rings (SSSR count). The lowest BCUT2D eigenvalue weighted by atomic mass is 10.3. The van der Waals surface area contributed by atoms with Crippen LogP contribution in [0.1, 0.15) is 20.8 Å². The van der Waals surface area contributed by atoms with E-state index in [0.717, 1.165) is 0 Å². The zero-order chi connectivity index (χ0) is 11.8. The number of amides is 2. The molecule has 0 fully saturated rings. The van der Waals surface area contributed by atoms with Crippen molar-refractivity contribution in [3.05, 3.63) is 0 Å². The normalized spacial score (nSPS) is 12.3. The van der Waals surface area contributed by atoms with Crippen LogP contribution in [0.15, 0.2) is 0 Å². The Hall–Kier alpha value is -1.30. The fourth-order valence-corrected chi connectivity index (χ4v) is 0.769. The largest absolute Gasteiger partial charge is 0.480 e. The lowest BCUT2D eigenvalue weighted by Crippen LogP contribution is -2.45. The van der Waals surface area contributed by atoms with Gasteiger partial charge in [-0.15, -0.1) is 0 Å². The second kappa shape index (κ2) is 7.05. The highest BCUT2D eigenvalue weighted by Gasteiger charge is 2.12. The third-order valence-corrected chi connectivity index (χ3v) is 1.56. The van der Waals surface area contributed by atoms with Crippen LogP contribution in [-0.2, 0) is 9.53 Å². The lowest BCUT2D eigenvalue weighted by Gasteiger charge is -2.11. The number of carboxylic acids is 1. The smallest absolute Gasteiger partial charge is 0.325 e. The van der Waals surface area contributed by atoms with E-state index < -0.39 is 18.0 Å². The number of nitrogens with one attached hydrogen (secondary N) is 2. The van der Waals surface area contributed by atoms with Crippen LogP contribution in [-0.4, -0.2) is 42.4 Å². The molecule has 0 aromatic rings. The number of carboxylic acid groups (broad SMARTS) is 1. The quantitative estimate of drug-likeness (QED) is 0.555. The molecule has 0 aliphatic rings. The molecule has 1 atom stereocenters. The number of hydrogen-bond acceptors (Lipinski definition) is 3. The van der Waals surface area contributed by atoms with E-state index in [9.17, 15) is 9.59 Å². The summed E-state index contributed by atoms with van der Waals surface area (Å²) in [6, 6.07) is -1.40. The molecule has 6 heteroatoms. The monoisotopic (exact) mass is 218 g/mol. The van der Waals surface area contributed by atoms with E-state index in [2.05, 4.69) is 10.6 Å². The first-order valence-corrected chi connectivity index (χ1v) is 4.82. The van der Waals surface area contributed by atoms with Crippen LogP contribution in [0.25, 0.3) is 0 Å². The highest BCUT2D eigenvalue weighted by Crippen LogP contribution is 1.85. The van der Waals surface area contributed by atoms with Crippen molar-refractivity contribution < 1.29 is 19.4 Å². The van der Waals surface area contributed by atoms with Crippen LogP contribution in [0.4, 0.5) is 4.79 Å². The number of hydrogen-bond donors (Lipinski definition) is 3. The fourth-order valence-electron chi connectivity index (χ4n) is 0.769. The van der Waals surface area contributed by atoms with Crippen molar-refractivity contribution in [2.45, 2.75) is 32.9 Å². The van der Waals surface area contributed by atoms with Gasteiger partial charge in [0.2, 0.25) is 0 Å². The molecular weight excluding hydrogens is 200 g/mol. The zero-order valence-corrected chi connectivity index (χ0v) is 9.24. The third kappa shape index (κ3) is 7.75. The Morgan fingerprint density at radius 3 is 2.40 bits per heavy atom. The molecule has 0 radical (unpaired) electrons. The van der Waals surface area contributed by atoms with Crippen molar-refractivity contribution in [1.29, 1.82) is 0 Å². The molecule has 15 heavy (non-hydrogen) atoms. The summed E-state index contributed by atoms with van der Waals surface area (Å²) in [6.07, 6.45) is 0.118. The Kier molecular flexibility index (Phi) is 6.44. The van der Waals surface area contributed by atoms with Gasteiger partial charge < -0.3 is 20.5 Å². The van der Waals surface area contributed by atoms with E-state index in [1.165, 1.54) is 6.92 Å². The summed E-state index contributed by atoms with van der Waals surface area (Å²) in [5.41, 5.74) is 0. The van der Waals surface area contributed by atoms with Crippen LogP contribution in [0.2, 0.25) is 0 Å². The number of carbonyl (C=O) groups excluding carboxylic acids is 1. The Labute approximate surface area is 89.0 Å². The average Bonchev–Trinajstić information content (AvgIpc) is 2.12. The van der Waals surface area contributed by atoms with Gasteiger partial charge in [0.1, 0.15) is 6.04 Å². The number of rotatable bonds is 6. The van der Waals surface area contributed by atoms with Gasteiger partial charge in [-0.25, -0.2) is 4.79 Å². The number of ether oxygens (including phenoxy) is 1. The van der Waals surface area contributed by atoms with Gasteiger partial charge in [0.05, 0.1) is 12.7 Å². The summed E-state index contributed by atoms with van der Waals surface area (Å²) >= 11 is 0. The van der Waals surface area contributed by atoms with E-state index in [0.29, 0.717) is 13.2 Å². The third-order valence-electron chi connectivity index (χ3n) is 1.56. The van der Waals surface area contributed by atoms with Crippen LogP contribution in [0, 0.1) is 0 Å². The van der Waals surface area contributed by atoms with Crippen molar-refractivity contribution in [1.82, 2.24) is 10.6 Å². The fraction of sp³-hybridized carbons (Fsp3) is 0.778. The van der Waals surface area contributed by atoms with Gasteiger partial charge in [0.15, 0.2) is 0 Å². The Morgan fingerprint density at radius 1 is 1.33 bits per heavy atom. The molecule has 0 aliphatic carbocycles. The second-order valence-electron chi connectivity index (χ2n) is 3.38. The van der Waals surface area contributed by atoms with Crippen LogP contribution >= 0.6 is 0 Å². The summed E-state index contributed by atoms with van der Waals surface area (Å²) in [5.74, 6) is -1.07. The minimum atomic E-state index is -1.07. The van der Waals surface area contributed by atoms with E-state index in [1.54, 1.807) is 0 Å². The summed E-state index contributed by atoms with van der Waals surface area (Å²) < 4.78 is 5.19. The van der Waals surface area contributed by atoms with Crippen molar-refractivity contribution in [3.8, 4) is 0 Å². The Bertz CT molecular complexity index is 218.